The predicted octanol–water partition coefficient (Wildman–Crippen LogP) is 3.35. The molecule has 0 spiro atoms. The van der Waals surface area contributed by atoms with E-state index in [0.717, 1.165) is 25.3 Å². The number of thiophene rings is 1. The van der Waals surface area contributed by atoms with E-state index >= 15 is 0 Å². The molecule has 1 N–H and O–H groups in total. The van der Waals surface area contributed by atoms with Gasteiger partial charge in [-0.05, 0) is 41.1 Å². The van der Waals surface area contributed by atoms with Crippen LogP contribution in [0, 0.1) is 0 Å². The fraction of sp³-hybridized carbons (Fsp3) is 0.167. The van der Waals surface area contributed by atoms with Gasteiger partial charge in [0.2, 0.25) is 0 Å². The Balaban J connectivity index is 1.46. The SMILES string of the molecule is O=C(Nc1ccc(N2CCc3ccccc3C2)nn1)c1cccs1. The summed E-state index contributed by atoms with van der Waals surface area (Å²) < 4.78 is 0. The number of amides is 1. The van der Waals surface area contributed by atoms with Crippen LogP contribution < -0.4 is 10.2 Å². The molecule has 1 aliphatic rings. The molecule has 1 aliphatic heterocycles. The van der Waals surface area contributed by atoms with Crippen LogP contribution in [0.4, 0.5) is 11.6 Å². The highest BCUT2D eigenvalue weighted by Crippen LogP contribution is 2.23. The third-order valence-corrected chi connectivity index (χ3v) is 4.96. The van der Waals surface area contributed by atoms with E-state index in [1.807, 2.05) is 17.5 Å². The second-order valence-corrected chi connectivity index (χ2v) is 6.60. The van der Waals surface area contributed by atoms with Gasteiger partial charge in [-0.25, -0.2) is 0 Å². The second kappa shape index (κ2) is 6.41. The van der Waals surface area contributed by atoms with Crippen molar-refractivity contribution in [3.05, 3.63) is 69.9 Å². The quantitative estimate of drug-likeness (QED) is 0.797. The second-order valence-electron chi connectivity index (χ2n) is 5.65. The van der Waals surface area contributed by atoms with Crippen LogP contribution in [0.5, 0.6) is 0 Å². The van der Waals surface area contributed by atoms with Crippen LogP contribution in [0.3, 0.4) is 0 Å². The van der Waals surface area contributed by atoms with Crippen molar-refractivity contribution in [1.29, 1.82) is 0 Å². The van der Waals surface area contributed by atoms with Gasteiger partial charge in [-0.1, -0.05) is 30.3 Å². The summed E-state index contributed by atoms with van der Waals surface area (Å²) in [6.07, 6.45) is 1.01. The van der Waals surface area contributed by atoms with Crippen molar-refractivity contribution >= 4 is 28.9 Å². The Labute approximate surface area is 144 Å². The normalized spacial score (nSPS) is 13.4. The van der Waals surface area contributed by atoms with Crippen LogP contribution in [-0.4, -0.2) is 22.6 Å². The van der Waals surface area contributed by atoms with Gasteiger partial charge in [0, 0.05) is 13.1 Å². The minimum atomic E-state index is -0.154. The molecule has 1 aromatic carbocycles. The van der Waals surface area contributed by atoms with E-state index in [0.29, 0.717) is 10.7 Å². The highest BCUT2D eigenvalue weighted by molar-refractivity contribution is 7.12. The first-order chi connectivity index (χ1) is 11.8. The summed E-state index contributed by atoms with van der Waals surface area (Å²) in [5.41, 5.74) is 2.74. The monoisotopic (exact) mass is 336 g/mol. The van der Waals surface area contributed by atoms with E-state index in [1.54, 1.807) is 12.1 Å². The van der Waals surface area contributed by atoms with Crippen LogP contribution in [0.25, 0.3) is 0 Å². The summed E-state index contributed by atoms with van der Waals surface area (Å²) in [6.45, 7) is 1.76. The van der Waals surface area contributed by atoms with E-state index in [9.17, 15) is 4.79 Å². The third kappa shape index (κ3) is 3.00. The first-order valence-corrected chi connectivity index (χ1v) is 8.68. The third-order valence-electron chi connectivity index (χ3n) is 4.09. The number of nitrogens with one attached hydrogen (secondary N) is 1. The number of benzene rings is 1. The first kappa shape index (κ1) is 14.8. The lowest BCUT2D eigenvalue weighted by atomic mass is 10.00. The number of fused-ring (bicyclic) bond motifs is 1. The largest absolute Gasteiger partial charge is 0.350 e. The average Bonchev–Trinajstić information content (AvgIpc) is 3.17. The minimum Gasteiger partial charge on any atom is -0.350 e. The summed E-state index contributed by atoms with van der Waals surface area (Å²) in [7, 11) is 0. The van der Waals surface area contributed by atoms with Crippen molar-refractivity contribution in [3.63, 3.8) is 0 Å². The van der Waals surface area contributed by atoms with Crippen LogP contribution in [0.2, 0.25) is 0 Å². The number of aromatic nitrogens is 2. The number of hydrogen-bond donors (Lipinski definition) is 1. The van der Waals surface area contributed by atoms with Gasteiger partial charge >= 0.3 is 0 Å². The summed E-state index contributed by atoms with van der Waals surface area (Å²) >= 11 is 1.40. The molecule has 120 valence electrons. The van der Waals surface area contributed by atoms with Crippen LogP contribution in [0.15, 0.2) is 53.9 Å². The van der Waals surface area contributed by atoms with Gasteiger partial charge < -0.3 is 10.2 Å². The van der Waals surface area contributed by atoms with Gasteiger partial charge in [-0.15, -0.1) is 21.5 Å². The smallest absolute Gasteiger partial charge is 0.266 e. The van der Waals surface area contributed by atoms with Gasteiger partial charge in [-0.3, -0.25) is 4.79 Å². The van der Waals surface area contributed by atoms with Crippen molar-refractivity contribution in [3.8, 4) is 0 Å². The zero-order valence-electron chi connectivity index (χ0n) is 13.0. The summed E-state index contributed by atoms with van der Waals surface area (Å²) in [4.78, 5) is 14.9. The lowest BCUT2D eigenvalue weighted by molar-refractivity contribution is 0.103. The highest BCUT2D eigenvalue weighted by atomic mass is 32.1. The average molecular weight is 336 g/mol. The van der Waals surface area contributed by atoms with E-state index in [2.05, 4.69) is 44.7 Å². The minimum absolute atomic E-state index is 0.154. The summed E-state index contributed by atoms with van der Waals surface area (Å²) in [5, 5.41) is 13.1. The molecule has 6 heteroatoms. The van der Waals surface area contributed by atoms with Crippen LogP contribution >= 0.6 is 11.3 Å². The lowest BCUT2D eigenvalue weighted by Crippen LogP contribution is -2.31. The molecule has 4 rings (SSSR count). The van der Waals surface area contributed by atoms with Gasteiger partial charge in [0.1, 0.15) is 0 Å². The lowest BCUT2D eigenvalue weighted by Gasteiger charge is -2.29. The molecular formula is C18H16N4OS. The Morgan fingerprint density at radius 2 is 1.92 bits per heavy atom. The number of carbonyl (C=O) groups is 1. The number of rotatable bonds is 3. The molecule has 24 heavy (non-hydrogen) atoms. The predicted molar refractivity (Wildman–Crippen MR) is 95.5 cm³/mol. The van der Waals surface area contributed by atoms with E-state index < -0.39 is 0 Å². The molecule has 0 aliphatic carbocycles. The molecule has 0 bridgehead atoms. The fourth-order valence-corrected chi connectivity index (χ4v) is 3.46. The Bertz CT molecular complexity index is 846. The first-order valence-electron chi connectivity index (χ1n) is 7.80. The zero-order chi connectivity index (χ0) is 16.4. The zero-order valence-corrected chi connectivity index (χ0v) is 13.8. The maximum atomic E-state index is 12.0. The number of nitrogens with zero attached hydrogens (tertiary/aromatic N) is 3. The van der Waals surface area contributed by atoms with Crippen LogP contribution in [-0.2, 0) is 13.0 Å². The molecule has 0 unspecified atom stereocenters. The van der Waals surface area contributed by atoms with Crippen molar-refractivity contribution in [1.82, 2.24) is 10.2 Å². The maximum Gasteiger partial charge on any atom is 0.266 e. The molecule has 3 aromatic rings. The summed E-state index contributed by atoms with van der Waals surface area (Å²) in [5.74, 6) is 1.15. The van der Waals surface area contributed by atoms with Crippen molar-refractivity contribution in [2.45, 2.75) is 13.0 Å². The van der Waals surface area contributed by atoms with E-state index in [4.69, 9.17) is 0 Å². The molecule has 0 radical (unpaired) electrons. The van der Waals surface area contributed by atoms with E-state index in [1.165, 1.54) is 22.5 Å². The van der Waals surface area contributed by atoms with Gasteiger partial charge in [0.05, 0.1) is 4.88 Å². The number of anilines is 2. The van der Waals surface area contributed by atoms with Gasteiger partial charge in [0.25, 0.3) is 5.91 Å². The van der Waals surface area contributed by atoms with Gasteiger partial charge in [0.15, 0.2) is 11.6 Å². The molecule has 1 amide bonds. The fourth-order valence-electron chi connectivity index (χ4n) is 2.84. The molecule has 0 saturated carbocycles. The Morgan fingerprint density at radius 1 is 1.04 bits per heavy atom. The molecule has 2 aromatic heterocycles. The van der Waals surface area contributed by atoms with Crippen molar-refractivity contribution in [2.75, 3.05) is 16.8 Å². The van der Waals surface area contributed by atoms with Gasteiger partial charge in [-0.2, -0.15) is 0 Å². The molecular weight excluding hydrogens is 320 g/mol. The standard InChI is InChI=1S/C18H16N4OS/c23-18(15-6-3-11-24-15)19-16-7-8-17(21-20-16)22-10-9-13-4-1-2-5-14(13)12-22/h1-8,11H,9-10,12H2,(H,19,20,23). The molecule has 3 heterocycles. The summed E-state index contributed by atoms with van der Waals surface area (Å²) in [6, 6.07) is 15.8. The molecule has 0 fully saturated rings. The number of carbonyl (C=O) groups excluding carboxylic acids is 1. The van der Waals surface area contributed by atoms with E-state index in [-0.39, 0.29) is 5.91 Å². The maximum absolute atomic E-state index is 12.0. The number of hydrogen-bond acceptors (Lipinski definition) is 5. The highest BCUT2D eigenvalue weighted by Gasteiger charge is 2.17. The Morgan fingerprint density at radius 3 is 2.67 bits per heavy atom. The Hall–Kier alpha value is -2.73. The molecule has 0 atom stereocenters. The molecule has 5 nitrogen and oxygen atoms in total. The van der Waals surface area contributed by atoms with Crippen LogP contribution in [0.1, 0.15) is 20.8 Å². The topological polar surface area (TPSA) is 58.1 Å². The van der Waals surface area contributed by atoms with Crippen molar-refractivity contribution < 1.29 is 4.79 Å². The molecule has 0 saturated heterocycles. The van der Waals surface area contributed by atoms with Crippen molar-refractivity contribution in [2.24, 2.45) is 0 Å². The Kier molecular flexibility index (Phi) is 3.96.